The summed E-state index contributed by atoms with van der Waals surface area (Å²) in [6.07, 6.45) is 0. The monoisotopic (exact) mass is 381 g/mol. The Balaban J connectivity index is 1.59. The Labute approximate surface area is 161 Å². The van der Waals surface area contributed by atoms with Crippen molar-refractivity contribution in [3.63, 3.8) is 0 Å². The molecule has 2 N–H and O–H groups in total. The summed E-state index contributed by atoms with van der Waals surface area (Å²) in [5.74, 6) is 0.0304. The summed E-state index contributed by atoms with van der Waals surface area (Å²) in [4.78, 5) is 24.3. The first-order chi connectivity index (χ1) is 13.1. The summed E-state index contributed by atoms with van der Waals surface area (Å²) in [5.41, 5.74) is 6.28. The van der Waals surface area contributed by atoms with Crippen LogP contribution in [0.3, 0.4) is 0 Å². The maximum atomic E-state index is 12.3. The Kier molecular flexibility index (Phi) is 5.87. The average molecular weight is 381 g/mol. The lowest BCUT2D eigenvalue weighted by atomic mass is 10.2. The molecular formula is C19H19N5O2S. The second-order valence-electron chi connectivity index (χ2n) is 5.80. The molecule has 2 amide bonds. The van der Waals surface area contributed by atoms with E-state index < -0.39 is 5.25 Å². The highest BCUT2D eigenvalue weighted by atomic mass is 32.2. The van der Waals surface area contributed by atoms with Gasteiger partial charge in [0.1, 0.15) is 0 Å². The Morgan fingerprint density at radius 1 is 0.963 bits per heavy atom. The molecule has 3 rings (SSSR count). The maximum absolute atomic E-state index is 12.3. The number of nitrogens with one attached hydrogen (secondary N) is 2. The number of nitrogens with zero attached hydrogens (tertiary/aromatic N) is 3. The van der Waals surface area contributed by atoms with Crippen LogP contribution in [-0.2, 0) is 11.8 Å². The van der Waals surface area contributed by atoms with Crippen molar-refractivity contribution in [1.29, 1.82) is 0 Å². The second kappa shape index (κ2) is 8.50. The van der Waals surface area contributed by atoms with Gasteiger partial charge in [-0.05, 0) is 19.1 Å². The van der Waals surface area contributed by atoms with Crippen molar-refractivity contribution in [1.82, 2.24) is 25.6 Å². The number of rotatable bonds is 5. The molecule has 7 nitrogen and oxygen atoms in total. The van der Waals surface area contributed by atoms with Crippen LogP contribution in [0.15, 0.2) is 65.8 Å². The van der Waals surface area contributed by atoms with Crippen LogP contribution in [0, 0.1) is 0 Å². The zero-order valence-electron chi connectivity index (χ0n) is 14.9. The SMILES string of the molecule is C[C@@H](Sc1nnc(-c2ccccc2)n1C)C(=O)NNC(=O)c1ccccc1. The molecular weight excluding hydrogens is 362 g/mol. The summed E-state index contributed by atoms with van der Waals surface area (Å²) in [7, 11) is 1.85. The zero-order valence-corrected chi connectivity index (χ0v) is 15.7. The number of amides is 2. The van der Waals surface area contributed by atoms with Gasteiger partial charge in [0.25, 0.3) is 11.8 Å². The van der Waals surface area contributed by atoms with Crippen LogP contribution in [0.1, 0.15) is 17.3 Å². The minimum Gasteiger partial charge on any atom is -0.305 e. The van der Waals surface area contributed by atoms with Crippen LogP contribution < -0.4 is 10.9 Å². The van der Waals surface area contributed by atoms with Crippen LogP contribution >= 0.6 is 11.8 Å². The van der Waals surface area contributed by atoms with Crippen molar-refractivity contribution in [2.24, 2.45) is 7.05 Å². The molecule has 0 spiro atoms. The Morgan fingerprint density at radius 2 is 1.59 bits per heavy atom. The number of aromatic nitrogens is 3. The molecule has 0 aliphatic rings. The largest absolute Gasteiger partial charge is 0.305 e. The third-order valence-electron chi connectivity index (χ3n) is 3.85. The number of hydrogen-bond acceptors (Lipinski definition) is 5. The highest BCUT2D eigenvalue weighted by Gasteiger charge is 2.20. The van der Waals surface area contributed by atoms with Gasteiger partial charge < -0.3 is 4.57 Å². The minimum absolute atomic E-state index is 0.325. The van der Waals surface area contributed by atoms with Gasteiger partial charge in [-0.15, -0.1) is 10.2 Å². The standard InChI is InChI=1S/C19H19N5O2S/c1-13(17(25)21-22-18(26)15-11-7-4-8-12-15)27-19-23-20-16(24(19)2)14-9-5-3-6-10-14/h3-13H,1-2H3,(H,21,25)(H,22,26)/t13-/m1/s1. The number of hydrogen-bond donors (Lipinski definition) is 2. The van der Waals surface area contributed by atoms with E-state index in [0.29, 0.717) is 10.7 Å². The molecule has 138 valence electrons. The molecule has 1 aromatic heterocycles. The Hall–Kier alpha value is -3.13. The number of thioether (sulfide) groups is 1. The first-order valence-electron chi connectivity index (χ1n) is 8.33. The molecule has 2 aromatic carbocycles. The summed E-state index contributed by atoms with van der Waals surface area (Å²) in [6, 6.07) is 18.4. The van der Waals surface area contributed by atoms with E-state index >= 15 is 0 Å². The van der Waals surface area contributed by atoms with Gasteiger partial charge in [0.05, 0.1) is 5.25 Å². The molecule has 0 saturated heterocycles. The van der Waals surface area contributed by atoms with E-state index in [2.05, 4.69) is 21.0 Å². The van der Waals surface area contributed by atoms with Gasteiger partial charge in [0.15, 0.2) is 11.0 Å². The molecule has 0 aliphatic heterocycles. The molecule has 0 bridgehead atoms. The van der Waals surface area contributed by atoms with E-state index in [9.17, 15) is 9.59 Å². The van der Waals surface area contributed by atoms with Gasteiger partial charge in [0, 0.05) is 18.2 Å². The Bertz CT molecular complexity index is 928. The lowest BCUT2D eigenvalue weighted by Gasteiger charge is -2.12. The average Bonchev–Trinajstić information content (AvgIpc) is 3.07. The summed E-state index contributed by atoms with van der Waals surface area (Å²) in [5, 5.41) is 8.52. The first-order valence-corrected chi connectivity index (χ1v) is 9.21. The topological polar surface area (TPSA) is 88.9 Å². The highest BCUT2D eigenvalue weighted by molar-refractivity contribution is 8.00. The van der Waals surface area contributed by atoms with E-state index in [4.69, 9.17) is 0 Å². The predicted molar refractivity (Wildman–Crippen MR) is 104 cm³/mol. The maximum Gasteiger partial charge on any atom is 0.269 e. The van der Waals surface area contributed by atoms with Crippen molar-refractivity contribution in [2.75, 3.05) is 0 Å². The third-order valence-corrected chi connectivity index (χ3v) is 4.99. The van der Waals surface area contributed by atoms with E-state index in [1.807, 2.05) is 48.0 Å². The quantitative estimate of drug-likeness (QED) is 0.523. The third kappa shape index (κ3) is 4.53. The summed E-state index contributed by atoms with van der Waals surface area (Å²) >= 11 is 1.27. The van der Waals surface area contributed by atoms with Crippen molar-refractivity contribution in [3.05, 3.63) is 66.2 Å². The normalized spacial score (nSPS) is 11.6. The van der Waals surface area contributed by atoms with Crippen LogP contribution in [0.4, 0.5) is 0 Å². The fourth-order valence-corrected chi connectivity index (χ4v) is 3.16. The Morgan fingerprint density at radius 3 is 2.26 bits per heavy atom. The smallest absolute Gasteiger partial charge is 0.269 e. The van der Waals surface area contributed by atoms with Gasteiger partial charge >= 0.3 is 0 Å². The van der Waals surface area contributed by atoms with Gasteiger partial charge in [-0.2, -0.15) is 0 Å². The first kappa shape index (κ1) is 18.7. The van der Waals surface area contributed by atoms with E-state index in [-0.39, 0.29) is 11.8 Å². The number of hydrazine groups is 1. The number of carbonyl (C=O) groups is 2. The zero-order chi connectivity index (χ0) is 19.2. The van der Waals surface area contributed by atoms with E-state index in [1.165, 1.54) is 11.8 Å². The molecule has 27 heavy (non-hydrogen) atoms. The van der Waals surface area contributed by atoms with Crippen LogP contribution in [-0.4, -0.2) is 31.8 Å². The molecule has 0 saturated carbocycles. The van der Waals surface area contributed by atoms with Crippen molar-refractivity contribution < 1.29 is 9.59 Å². The number of benzene rings is 2. The predicted octanol–water partition coefficient (Wildman–Crippen LogP) is 2.42. The minimum atomic E-state index is -0.465. The number of carbonyl (C=O) groups excluding carboxylic acids is 2. The molecule has 1 atom stereocenters. The molecule has 0 fully saturated rings. The van der Waals surface area contributed by atoms with E-state index in [0.717, 1.165) is 11.4 Å². The van der Waals surface area contributed by atoms with Gasteiger partial charge in [0.2, 0.25) is 0 Å². The van der Waals surface area contributed by atoms with Gasteiger partial charge in [-0.1, -0.05) is 60.3 Å². The molecule has 0 aliphatic carbocycles. The summed E-state index contributed by atoms with van der Waals surface area (Å²) in [6.45, 7) is 1.74. The van der Waals surface area contributed by atoms with Gasteiger partial charge in [-0.25, -0.2) is 0 Å². The molecule has 1 heterocycles. The lowest BCUT2D eigenvalue weighted by molar-refractivity contribution is -0.121. The van der Waals surface area contributed by atoms with E-state index in [1.54, 1.807) is 31.2 Å². The molecule has 0 unspecified atom stereocenters. The summed E-state index contributed by atoms with van der Waals surface area (Å²) < 4.78 is 1.84. The fraction of sp³-hybridized carbons (Fsp3) is 0.158. The van der Waals surface area contributed by atoms with Crippen molar-refractivity contribution in [3.8, 4) is 11.4 Å². The van der Waals surface area contributed by atoms with Crippen molar-refractivity contribution in [2.45, 2.75) is 17.3 Å². The molecule has 8 heteroatoms. The highest BCUT2D eigenvalue weighted by Crippen LogP contribution is 2.25. The fourth-order valence-electron chi connectivity index (χ4n) is 2.35. The lowest BCUT2D eigenvalue weighted by Crippen LogP contribution is -2.44. The van der Waals surface area contributed by atoms with Gasteiger partial charge in [-0.3, -0.25) is 20.4 Å². The van der Waals surface area contributed by atoms with Crippen molar-refractivity contribution >= 4 is 23.6 Å². The van der Waals surface area contributed by atoms with Crippen LogP contribution in [0.25, 0.3) is 11.4 Å². The molecule has 0 radical (unpaired) electrons. The van der Waals surface area contributed by atoms with Crippen LogP contribution in [0.2, 0.25) is 0 Å². The molecule has 3 aromatic rings. The second-order valence-corrected chi connectivity index (χ2v) is 7.11. The van der Waals surface area contributed by atoms with Crippen LogP contribution in [0.5, 0.6) is 0 Å².